The van der Waals surface area contributed by atoms with Crippen molar-refractivity contribution >= 4 is 12.0 Å². The Bertz CT molecular complexity index is 153. The maximum atomic E-state index is 11.0. The summed E-state index contributed by atoms with van der Waals surface area (Å²) in [6, 6.07) is 0. The van der Waals surface area contributed by atoms with Gasteiger partial charge in [-0.3, -0.25) is 4.79 Å². The molecule has 0 unspecified atom stereocenters. The lowest BCUT2D eigenvalue weighted by molar-refractivity contribution is -0.118. The number of rotatable bonds is 3. The standard InChI is InChI=1S/C5H9FN2O3.C2H6/c1-4(9)7-2-3-8-5(10)11-6;1-2/h2-3H2,1H3,(H,7,9)(H,8,10);1-2H3. The maximum absolute atomic E-state index is 11.0. The van der Waals surface area contributed by atoms with Gasteiger partial charge in [-0.1, -0.05) is 13.8 Å². The smallest absolute Gasteiger partial charge is 0.355 e. The van der Waals surface area contributed by atoms with E-state index in [-0.39, 0.29) is 19.0 Å². The highest BCUT2D eigenvalue weighted by Crippen LogP contribution is 1.73. The van der Waals surface area contributed by atoms with Crippen molar-refractivity contribution in [1.82, 2.24) is 10.6 Å². The van der Waals surface area contributed by atoms with Crippen molar-refractivity contribution in [3.63, 3.8) is 0 Å². The molecule has 0 atom stereocenters. The molecule has 0 fully saturated rings. The van der Waals surface area contributed by atoms with Gasteiger partial charge in [0.25, 0.3) is 0 Å². The van der Waals surface area contributed by atoms with Crippen molar-refractivity contribution < 1.29 is 19.1 Å². The summed E-state index contributed by atoms with van der Waals surface area (Å²) >= 11 is 0. The van der Waals surface area contributed by atoms with Gasteiger partial charge in [0.15, 0.2) is 0 Å². The fourth-order valence-corrected chi connectivity index (χ4v) is 0.430. The highest BCUT2D eigenvalue weighted by atomic mass is 19.3. The molecule has 0 radical (unpaired) electrons. The Morgan fingerprint density at radius 1 is 1.23 bits per heavy atom. The van der Waals surface area contributed by atoms with Gasteiger partial charge in [0.05, 0.1) is 0 Å². The summed E-state index contributed by atoms with van der Waals surface area (Å²) in [5, 5.41) is 4.43. The molecule has 0 rings (SSSR count). The van der Waals surface area contributed by atoms with Crippen LogP contribution < -0.4 is 10.6 Å². The summed E-state index contributed by atoms with van der Waals surface area (Å²) in [5.74, 6) is -0.208. The molecule has 5 nitrogen and oxygen atoms in total. The Hall–Kier alpha value is -1.33. The SMILES string of the molecule is CC.CC(=O)NCCNC(=O)OF. The molecule has 0 aliphatic heterocycles. The number of nitrogens with one attached hydrogen (secondary N) is 2. The topological polar surface area (TPSA) is 67.4 Å². The predicted octanol–water partition coefficient (Wildman–Crippen LogP) is 0.759. The molecule has 0 aliphatic rings. The Balaban J connectivity index is 0. The van der Waals surface area contributed by atoms with Crippen LogP contribution in [0.25, 0.3) is 0 Å². The van der Waals surface area contributed by atoms with Gasteiger partial charge >= 0.3 is 6.09 Å². The fraction of sp³-hybridized carbons (Fsp3) is 0.714. The Labute approximate surface area is 76.5 Å². The summed E-state index contributed by atoms with van der Waals surface area (Å²) in [5.41, 5.74) is 0. The van der Waals surface area contributed by atoms with Crippen LogP contribution >= 0.6 is 0 Å². The first-order valence-corrected chi connectivity index (χ1v) is 3.97. The van der Waals surface area contributed by atoms with E-state index < -0.39 is 6.09 Å². The number of amides is 2. The van der Waals surface area contributed by atoms with E-state index in [1.54, 1.807) is 0 Å². The third-order valence-corrected chi connectivity index (χ3v) is 0.838. The largest absolute Gasteiger partial charge is 0.444 e. The van der Waals surface area contributed by atoms with E-state index in [1.807, 2.05) is 19.2 Å². The van der Waals surface area contributed by atoms with Crippen molar-refractivity contribution in [2.24, 2.45) is 0 Å². The Morgan fingerprint density at radius 3 is 2.08 bits per heavy atom. The average molecular weight is 194 g/mol. The third-order valence-electron chi connectivity index (χ3n) is 0.838. The highest BCUT2D eigenvalue weighted by molar-refractivity contribution is 5.72. The summed E-state index contributed by atoms with van der Waals surface area (Å²) < 4.78 is 11.0. The van der Waals surface area contributed by atoms with Gasteiger partial charge in [0.2, 0.25) is 5.91 Å². The van der Waals surface area contributed by atoms with Crippen LogP contribution in [0.2, 0.25) is 0 Å². The first-order valence-electron chi connectivity index (χ1n) is 3.97. The first-order chi connectivity index (χ1) is 6.16. The third kappa shape index (κ3) is 13.6. The van der Waals surface area contributed by atoms with Gasteiger partial charge in [-0.05, 0) is 0 Å². The number of carbonyl (C=O) groups is 2. The maximum Gasteiger partial charge on any atom is 0.444 e. The molecule has 0 spiro atoms. The second kappa shape index (κ2) is 10.7. The summed E-state index contributed by atoms with van der Waals surface area (Å²) in [7, 11) is 0. The molecule has 2 N–H and O–H groups in total. The zero-order valence-corrected chi connectivity index (χ0v) is 8.02. The lowest BCUT2D eigenvalue weighted by atomic mass is 10.6. The minimum atomic E-state index is -1.16. The minimum absolute atomic E-state index is 0.141. The zero-order chi connectivity index (χ0) is 10.7. The van der Waals surface area contributed by atoms with Crippen LogP contribution in [-0.4, -0.2) is 25.1 Å². The van der Waals surface area contributed by atoms with E-state index in [0.717, 1.165) is 0 Å². The van der Waals surface area contributed by atoms with E-state index in [4.69, 9.17) is 0 Å². The van der Waals surface area contributed by atoms with E-state index >= 15 is 0 Å². The normalized spacial score (nSPS) is 7.69. The molecule has 6 heteroatoms. The average Bonchev–Trinajstić information content (AvgIpc) is 2.15. The molecule has 0 aromatic rings. The van der Waals surface area contributed by atoms with Crippen molar-refractivity contribution in [3.05, 3.63) is 0 Å². The van der Waals surface area contributed by atoms with E-state index in [2.05, 4.69) is 10.3 Å². The number of hydrogen-bond donors (Lipinski definition) is 2. The molecule has 0 aromatic heterocycles. The summed E-state index contributed by atoms with van der Waals surface area (Å²) in [4.78, 5) is 23.1. The number of carbonyl (C=O) groups excluding carboxylic acids is 2. The molecule has 0 heterocycles. The molecule has 0 aliphatic carbocycles. The van der Waals surface area contributed by atoms with Gasteiger partial charge < -0.3 is 10.6 Å². The van der Waals surface area contributed by atoms with Crippen molar-refractivity contribution in [1.29, 1.82) is 0 Å². The fourth-order valence-electron chi connectivity index (χ4n) is 0.430. The zero-order valence-electron chi connectivity index (χ0n) is 8.02. The quantitative estimate of drug-likeness (QED) is 0.652. The van der Waals surface area contributed by atoms with E-state index in [9.17, 15) is 14.1 Å². The summed E-state index contributed by atoms with van der Waals surface area (Å²) in [6.07, 6.45) is -1.16. The summed E-state index contributed by atoms with van der Waals surface area (Å²) in [6.45, 7) is 5.74. The molecular formula is C7H15FN2O3. The molecule has 0 saturated carbocycles. The molecule has 0 saturated heterocycles. The lowest BCUT2D eigenvalue weighted by Gasteiger charge is -2.00. The molecule has 13 heavy (non-hydrogen) atoms. The van der Waals surface area contributed by atoms with Crippen LogP contribution in [0.15, 0.2) is 0 Å². The lowest BCUT2D eigenvalue weighted by Crippen LogP contribution is -2.33. The van der Waals surface area contributed by atoms with E-state index in [0.29, 0.717) is 0 Å². The van der Waals surface area contributed by atoms with Crippen LogP contribution in [0, 0.1) is 0 Å². The molecule has 0 aromatic carbocycles. The second-order valence-electron chi connectivity index (χ2n) is 1.77. The Kier molecular flexibility index (Phi) is 11.7. The molecular weight excluding hydrogens is 179 g/mol. The van der Waals surface area contributed by atoms with Crippen LogP contribution in [0.5, 0.6) is 0 Å². The van der Waals surface area contributed by atoms with Crippen LogP contribution in [-0.2, 0) is 9.74 Å². The predicted molar refractivity (Wildman–Crippen MR) is 45.6 cm³/mol. The molecule has 2 amide bonds. The molecule has 0 bridgehead atoms. The van der Waals surface area contributed by atoms with Crippen LogP contribution in [0.1, 0.15) is 20.8 Å². The number of hydrogen-bond acceptors (Lipinski definition) is 3. The van der Waals surface area contributed by atoms with Crippen molar-refractivity contribution in [2.75, 3.05) is 13.1 Å². The second-order valence-corrected chi connectivity index (χ2v) is 1.77. The van der Waals surface area contributed by atoms with Gasteiger partial charge in [0.1, 0.15) is 0 Å². The number of halogens is 1. The van der Waals surface area contributed by atoms with E-state index in [1.165, 1.54) is 6.92 Å². The van der Waals surface area contributed by atoms with Gasteiger partial charge in [-0.25, -0.2) is 9.74 Å². The Morgan fingerprint density at radius 2 is 1.69 bits per heavy atom. The monoisotopic (exact) mass is 194 g/mol. The van der Waals surface area contributed by atoms with Crippen molar-refractivity contribution in [3.8, 4) is 0 Å². The van der Waals surface area contributed by atoms with Gasteiger partial charge in [0, 0.05) is 24.5 Å². The van der Waals surface area contributed by atoms with Crippen LogP contribution in [0.4, 0.5) is 9.32 Å². The van der Waals surface area contributed by atoms with Gasteiger partial charge in [-0.2, -0.15) is 0 Å². The van der Waals surface area contributed by atoms with Crippen LogP contribution in [0.3, 0.4) is 0 Å². The van der Waals surface area contributed by atoms with Crippen molar-refractivity contribution in [2.45, 2.75) is 20.8 Å². The van der Waals surface area contributed by atoms with Gasteiger partial charge in [-0.15, -0.1) is 0 Å². The highest BCUT2D eigenvalue weighted by Gasteiger charge is 1.98. The minimum Gasteiger partial charge on any atom is -0.355 e. The first kappa shape index (κ1) is 14.2. The molecule has 78 valence electrons.